The molecular weight excluding hydrogens is 447 g/mol. The van der Waals surface area contributed by atoms with Crippen molar-refractivity contribution in [3.8, 4) is 5.75 Å². The van der Waals surface area contributed by atoms with E-state index in [9.17, 15) is 4.79 Å². The van der Waals surface area contributed by atoms with E-state index >= 15 is 0 Å². The van der Waals surface area contributed by atoms with Crippen molar-refractivity contribution in [1.82, 2.24) is 0 Å². The number of methoxy groups -OCH3 is 1. The van der Waals surface area contributed by atoms with Gasteiger partial charge in [0.15, 0.2) is 5.90 Å². The predicted octanol–water partition coefficient (Wildman–Crippen LogP) is 2.02. The van der Waals surface area contributed by atoms with Gasteiger partial charge in [0.05, 0.1) is 23.4 Å². The first kappa shape index (κ1) is 25.1. The fraction of sp³-hybridized carbons (Fsp3) is 0.160. The molecule has 0 saturated carbocycles. The molecule has 0 aliphatic carbocycles. The molecule has 0 unspecified atom stereocenters. The van der Waals surface area contributed by atoms with Crippen LogP contribution >= 0.6 is 12.4 Å². The Bertz CT molecular complexity index is 1200. The van der Waals surface area contributed by atoms with E-state index in [0.717, 1.165) is 27.4 Å². The van der Waals surface area contributed by atoms with Crippen LogP contribution in [0, 0.1) is 5.41 Å². The smallest absolute Gasteiger partial charge is 0.345 e. The molecule has 0 saturated heterocycles. The molecule has 32 heavy (non-hydrogen) atoms. The highest BCUT2D eigenvalue weighted by Gasteiger charge is 2.23. The normalized spacial score (nSPS) is 10.2. The van der Waals surface area contributed by atoms with Gasteiger partial charge in [-0.05, 0) is 36.2 Å². The molecule has 3 aromatic carbocycles. The number of para-hydroxylation sites is 2. The lowest BCUT2D eigenvalue weighted by atomic mass is 10.0. The molecule has 5 nitrogen and oxygen atoms in total. The molecule has 0 radical (unpaired) electrons. The Kier molecular flexibility index (Phi) is 8.58. The second kappa shape index (κ2) is 10.9. The maximum absolute atomic E-state index is 13.2. The number of halogens is 2. The average molecular weight is 471 g/mol. The molecule has 4 rings (SSSR count). The zero-order valence-electron chi connectivity index (χ0n) is 17.8. The SMILES string of the molecule is COC(=N)CCc1ccc(OC(=O)c2c3ccccc3[n+](C)c3ccccc23)cc1.Cl.[Cl-]. The van der Waals surface area contributed by atoms with E-state index in [0.29, 0.717) is 24.2 Å². The molecule has 0 spiro atoms. The van der Waals surface area contributed by atoms with Crippen LogP contribution in [0.4, 0.5) is 0 Å². The first-order valence-corrected chi connectivity index (χ1v) is 9.80. The third-order valence-corrected chi connectivity index (χ3v) is 5.29. The minimum atomic E-state index is -0.378. The van der Waals surface area contributed by atoms with E-state index in [1.165, 1.54) is 7.11 Å². The van der Waals surface area contributed by atoms with Crippen molar-refractivity contribution in [2.45, 2.75) is 12.8 Å². The molecule has 7 heteroatoms. The highest BCUT2D eigenvalue weighted by atomic mass is 35.5. The number of aryl methyl sites for hydroxylation is 2. The summed E-state index contributed by atoms with van der Waals surface area (Å²) in [5.41, 5.74) is 3.56. The number of nitrogens with one attached hydrogen (secondary N) is 1. The molecule has 0 aliphatic heterocycles. The van der Waals surface area contributed by atoms with Crippen LogP contribution in [0.1, 0.15) is 22.3 Å². The van der Waals surface area contributed by atoms with Gasteiger partial charge in [0.25, 0.3) is 0 Å². The number of pyridine rings is 1. The van der Waals surface area contributed by atoms with Gasteiger partial charge in [-0.2, -0.15) is 4.57 Å². The average Bonchev–Trinajstić information content (AvgIpc) is 2.78. The summed E-state index contributed by atoms with van der Waals surface area (Å²) in [6, 6.07) is 23.1. The molecule has 1 aromatic heterocycles. The summed E-state index contributed by atoms with van der Waals surface area (Å²) in [6.45, 7) is 0. The van der Waals surface area contributed by atoms with E-state index in [2.05, 4.69) is 4.57 Å². The quantitative estimate of drug-likeness (QED) is 0.121. The Morgan fingerprint density at radius 1 is 0.906 bits per heavy atom. The van der Waals surface area contributed by atoms with Gasteiger partial charge < -0.3 is 21.9 Å². The van der Waals surface area contributed by atoms with Crippen LogP contribution in [-0.2, 0) is 18.2 Å². The second-order valence-electron chi connectivity index (χ2n) is 7.13. The zero-order valence-corrected chi connectivity index (χ0v) is 19.4. The fourth-order valence-electron chi connectivity index (χ4n) is 3.69. The van der Waals surface area contributed by atoms with Crippen molar-refractivity contribution in [2.75, 3.05) is 7.11 Å². The highest BCUT2D eigenvalue weighted by molar-refractivity contribution is 6.13. The molecule has 0 amide bonds. The van der Waals surface area contributed by atoms with Crippen molar-refractivity contribution < 1.29 is 31.2 Å². The Hall–Kier alpha value is -3.15. The lowest BCUT2D eigenvalue weighted by molar-refractivity contribution is -0.617. The van der Waals surface area contributed by atoms with Gasteiger partial charge in [-0.3, -0.25) is 5.41 Å². The lowest BCUT2D eigenvalue weighted by Gasteiger charge is -2.10. The fourth-order valence-corrected chi connectivity index (χ4v) is 3.69. The number of carbonyl (C=O) groups excluding carboxylic acids is 1. The van der Waals surface area contributed by atoms with Crippen molar-refractivity contribution in [2.24, 2.45) is 7.05 Å². The van der Waals surface area contributed by atoms with E-state index in [1.54, 1.807) is 12.1 Å². The number of hydrogen-bond donors (Lipinski definition) is 1. The summed E-state index contributed by atoms with van der Waals surface area (Å²) in [5, 5.41) is 9.29. The van der Waals surface area contributed by atoms with Crippen LogP contribution in [0.3, 0.4) is 0 Å². The van der Waals surface area contributed by atoms with Crippen molar-refractivity contribution in [3.63, 3.8) is 0 Å². The number of ether oxygens (including phenoxy) is 2. The van der Waals surface area contributed by atoms with Crippen LogP contribution in [0.5, 0.6) is 5.75 Å². The van der Waals surface area contributed by atoms with Gasteiger partial charge in [0, 0.05) is 18.6 Å². The monoisotopic (exact) mass is 470 g/mol. The van der Waals surface area contributed by atoms with Crippen LogP contribution < -0.4 is 21.7 Å². The number of benzene rings is 3. The topological polar surface area (TPSA) is 63.3 Å². The van der Waals surface area contributed by atoms with E-state index in [4.69, 9.17) is 14.9 Å². The number of aromatic nitrogens is 1. The Morgan fingerprint density at radius 2 is 1.44 bits per heavy atom. The highest BCUT2D eigenvalue weighted by Crippen LogP contribution is 2.26. The van der Waals surface area contributed by atoms with Crippen molar-refractivity contribution in [1.29, 1.82) is 5.41 Å². The van der Waals surface area contributed by atoms with Gasteiger partial charge in [0.1, 0.15) is 12.8 Å². The zero-order chi connectivity index (χ0) is 21.1. The van der Waals surface area contributed by atoms with Crippen LogP contribution in [0.25, 0.3) is 21.8 Å². The molecule has 1 heterocycles. The van der Waals surface area contributed by atoms with Gasteiger partial charge in [-0.1, -0.05) is 36.4 Å². The molecule has 0 aliphatic rings. The summed E-state index contributed by atoms with van der Waals surface area (Å²) >= 11 is 0. The summed E-state index contributed by atoms with van der Waals surface area (Å²) in [6.07, 6.45) is 1.24. The first-order valence-electron chi connectivity index (χ1n) is 9.80. The summed E-state index contributed by atoms with van der Waals surface area (Å²) in [4.78, 5) is 13.2. The van der Waals surface area contributed by atoms with Gasteiger partial charge in [0.2, 0.25) is 11.0 Å². The molecule has 0 atom stereocenters. The van der Waals surface area contributed by atoms with Crippen molar-refractivity contribution in [3.05, 3.63) is 83.9 Å². The maximum atomic E-state index is 13.2. The molecule has 1 N–H and O–H groups in total. The Labute approximate surface area is 199 Å². The second-order valence-corrected chi connectivity index (χ2v) is 7.13. The lowest BCUT2D eigenvalue weighted by Crippen LogP contribution is -3.00. The predicted molar refractivity (Wildman–Crippen MR) is 124 cm³/mol. The molecule has 0 bridgehead atoms. The molecule has 166 valence electrons. The van der Waals surface area contributed by atoms with Crippen LogP contribution in [0.2, 0.25) is 0 Å². The molecular formula is C25H24Cl2N2O3. The number of hydrogen-bond acceptors (Lipinski definition) is 4. The van der Waals surface area contributed by atoms with Gasteiger partial charge >= 0.3 is 5.97 Å². The minimum Gasteiger partial charge on any atom is -1.00 e. The Morgan fingerprint density at radius 3 is 1.97 bits per heavy atom. The van der Waals surface area contributed by atoms with E-state index < -0.39 is 0 Å². The van der Waals surface area contributed by atoms with Crippen LogP contribution in [0.15, 0.2) is 72.8 Å². The summed E-state index contributed by atoms with van der Waals surface area (Å²) in [7, 11) is 3.50. The minimum absolute atomic E-state index is 0. The van der Waals surface area contributed by atoms with Crippen LogP contribution in [-0.4, -0.2) is 19.0 Å². The van der Waals surface area contributed by atoms with Gasteiger partial charge in [-0.15, -0.1) is 12.4 Å². The third kappa shape index (κ3) is 5.01. The Balaban J connectivity index is 0.00000181. The number of esters is 1. The number of fused-ring (bicyclic) bond motifs is 2. The maximum Gasteiger partial charge on any atom is 0.345 e. The largest absolute Gasteiger partial charge is 1.00 e. The van der Waals surface area contributed by atoms with E-state index in [1.807, 2.05) is 67.7 Å². The van der Waals surface area contributed by atoms with Crippen molar-refractivity contribution >= 4 is 46.1 Å². The standard InChI is InChI=1S/C25H23N2O3.2ClH/c1-27-21-9-5-3-7-19(21)24(20-8-4-6-10-22(20)27)25(28)30-18-14-11-17(12-15-18)13-16-23(26)29-2;;/h3-12,14-15,26H,13,16H2,1-2H3;2*1H/q+1;;/p-1. The number of nitrogens with zero attached hydrogens (tertiary/aromatic N) is 1. The number of rotatable bonds is 5. The molecule has 0 fully saturated rings. The first-order chi connectivity index (χ1) is 14.6. The summed E-state index contributed by atoms with van der Waals surface area (Å²) < 4.78 is 12.7. The number of carbonyl (C=O) groups is 1. The third-order valence-electron chi connectivity index (χ3n) is 5.29. The molecule has 4 aromatic rings. The van der Waals surface area contributed by atoms with E-state index in [-0.39, 0.29) is 36.7 Å². The summed E-state index contributed by atoms with van der Waals surface area (Å²) in [5.74, 6) is 0.366. The van der Waals surface area contributed by atoms with Gasteiger partial charge in [-0.25, -0.2) is 4.79 Å².